The molecule has 0 aliphatic rings. The van der Waals surface area contributed by atoms with Gasteiger partial charge in [-0.05, 0) is 36.2 Å². The van der Waals surface area contributed by atoms with Gasteiger partial charge in [-0.15, -0.1) is 0 Å². The van der Waals surface area contributed by atoms with Crippen molar-refractivity contribution >= 4 is 39.2 Å². The zero-order valence-corrected chi connectivity index (χ0v) is 12.9. The number of ether oxygens (including phenoxy) is 1. The Morgan fingerprint density at radius 3 is 2.85 bits per heavy atom. The summed E-state index contributed by atoms with van der Waals surface area (Å²) in [7, 11) is 0. The molecule has 0 aliphatic heterocycles. The molecule has 1 aromatic heterocycles. The van der Waals surface area contributed by atoms with E-state index in [1.165, 1.54) is 6.07 Å². The number of hydrogen-bond acceptors (Lipinski definition) is 5. The first-order valence-electron chi connectivity index (χ1n) is 5.85. The van der Waals surface area contributed by atoms with Gasteiger partial charge >= 0.3 is 6.01 Å². The van der Waals surface area contributed by atoms with Crippen LogP contribution in [0.1, 0.15) is 13.3 Å². The number of anilines is 2. The summed E-state index contributed by atoms with van der Waals surface area (Å²) in [6, 6.07) is 4.69. The number of hydrogen-bond donors (Lipinski definition) is 1. The van der Waals surface area contributed by atoms with Gasteiger partial charge in [-0.1, -0.05) is 22.9 Å². The molecule has 1 N–H and O–H groups in total. The highest BCUT2D eigenvalue weighted by atomic mass is 79.9. The zero-order chi connectivity index (χ0) is 14.5. The topological polar surface area (TPSA) is 59.9 Å². The Hall–Kier alpha value is -1.47. The molecule has 5 nitrogen and oxygen atoms in total. The number of nitrogens with zero attached hydrogens (tertiary/aromatic N) is 3. The minimum atomic E-state index is -0.438. The van der Waals surface area contributed by atoms with Crippen LogP contribution in [-0.4, -0.2) is 21.6 Å². The minimum absolute atomic E-state index is 0.0221. The van der Waals surface area contributed by atoms with Crippen LogP contribution in [0.3, 0.4) is 0 Å². The predicted molar refractivity (Wildman–Crippen MR) is 78.0 cm³/mol. The summed E-state index contributed by atoms with van der Waals surface area (Å²) in [6.45, 7) is 2.42. The van der Waals surface area contributed by atoms with Crippen molar-refractivity contribution in [1.82, 2.24) is 15.0 Å². The fourth-order valence-corrected chi connectivity index (χ4v) is 1.84. The molecular weight excluding hydrogens is 351 g/mol. The average molecular weight is 362 g/mol. The number of aromatic nitrogens is 3. The van der Waals surface area contributed by atoms with Gasteiger partial charge in [-0.3, -0.25) is 0 Å². The SMILES string of the molecule is CCCOc1nc(Cl)nc(Nc2ccc(Br)cc2F)n1. The first-order chi connectivity index (χ1) is 9.58. The summed E-state index contributed by atoms with van der Waals surface area (Å²) < 4.78 is 19.6. The third kappa shape index (κ3) is 4.01. The quantitative estimate of drug-likeness (QED) is 0.873. The Balaban J connectivity index is 2.21. The van der Waals surface area contributed by atoms with Crippen molar-refractivity contribution in [3.8, 4) is 6.01 Å². The van der Waals surface area contributed by atoms with E-state index in [1.807, 2.05) is 6.92 Å². The van der Waals surface area contributed by atoms with E-state index < -0.39 is 5.82 Å². The maximum absolute atomic E-state index is 13.7. The van der Waals surface area contributed by atoms with E-state index in [0.29, 0.717) is 11.1 Å². The standard InChI is InChI=1S/C12H11BrClFN4O/c1-2-5-20-12-18-10(14)17-11(19-12)16-9-4-3-7(13)6-8(9)15/h3-4,6H,2,5H2,1H3,(H,16,17,18,19). The molecule has 2 aromatic rings. The van der Waals surface area contributed by atoms with E-state index in [2.05, 4.69) is 36.2 Å². The minimum Gasteiger partial charge on any atom is -0.463 e. The van der Waals surface area contributed by atoms with Gasteiger partial charge in [0.2, 0.25) is 11.2 Å². The first kappa shape index (κ1) is 14.9. The van der Waals surface area contributed by atoms with Crippen LogP contribution in [0, 0.1) is 5.82 Å². The van der Waals surface area contributed by atoms with Crippen LogP contribution in [0.5, 0.6) is 6.01 Å². The number of benzene rings is 1. The Morgan fingerprint density at radius 2 is 2.15 bits per heavy atom. The Bertz CT molecular complexity index is 614. The summed E-state index contributed by atoms with van der Waals surface area (Å²) >= 11 is 8.96. The third-order valence-corrected chi connectivity index (χ3v) is 2.86. The summed E-state index contributed by atoms with van der Waals surface area (Å²) in [4.78, 5) is 11.7. The Morgan fingerprint density at radius 1 is 1.35 bits per heavy atom. The molecule has 20 heavy (non-hydrogen) atoms. The number of halogens is 3. The van der Waals surface area contributed by atoms with Gasteiger partial charge in [0, 0.05) is 4.47 Å². The van der Waals surface area contributed by atoms with Gasteiger partial charge in [-0.2, -0.15) is 15.0 Å². The van der Waals surface area contributed by atoms with E-state index in [0.717, 1.165) is 6.42 Å². The van der Waals surface area contributed by atoms with Gasteiger partial charge in [-0.25, -0.2) is 4.39 Å². The molecule has 1 heterocycles. The highest BCUT2D eigenvalue weighted by molar-refractivity contribution is 9.10. The zero-order valence-electron chi connectivity index (χ0n) is 10.5. The fourth-order valence-electron chi connectivity index (χ4n) is 1.36. The molecule has 0 amide bonds. The van der Waals surface area contributed by atoms with E-state index in [4.69, 9.17) is 16.3 Å². The van der Waals surface area contributed by atoms with Gasteiger partial charge in [0.15, 0.2) is 0 Å². The highest BCUT2D eigenvalue weighted by Gasteiger charge is 2.09. The van der Waals surface area contributed by atoms with E-state index in [-0.39, 0.29) is 22.9 Å². The highest BCUT2D eigenvalue weighted by Crippen LogP contribution is 2.22. The molecule has 8 heteroatoms. The largest absolute Gasteiger partial charge is 0.463 e. The van der Waals surface area contributed by atoms with Crippen LogP contribution in [0.25, 0.3) is 0 Å². The van der Waals surface area contributed by atoms with Crippen molar-refractivity contribution in [1.29, 1.82) is 0 Å². The van der Waals surface area contributed by atoms with Crippen molar-refractivity contribution in [2.45, 2.75) is 13.3 Å². The molecule has 0 saturated heterocycles. The molecule has 0 fully saturated rings. The van der Waals surface area contributed by atoms with Gasteiger partial charge < -0.3 is 10.1 Å². The molecule has 0 saturated carbocycles. The Kier molecular flexibility index (Phi) is 5.08. The lowest BCUT2D eigenvalue weighted by atomic mass is 10.3. The summed E-state index contributed by atoms with van der Waals surface area (Å²) in [5, 5.41) is 2.71. The lowest BCUT2D eigenvalue weighted by molar-refractivity contribution is 0.292. The second-order valence-corrected chi connectivity index (χ2v) is 5.06. The number of rotatable bonds is 5. The molecular formula is C12H11BrClFN4O. The average Bonchev–Trinajstić information content (AvgIpc) is 2.39. The van der Waals surface area contributed by atoms with Gasteiger partial charge in [0.25, 0.3) is 0 Å². The van der Waals surface area contributed by atoms with Crippen molar-refractivity contribution < 1.29 is 9.13 Å². The molecule has 0 atom stereocenters. The lowest BCUT2D eigenvalue weighted by Crippen LogP contribution is -2.05. The van der Waals surface area contributed by atoms with Crippen molar-refractivity contribution in [3.05, 3.63) is 33.8 Å². The molecule has 0 unspecified atom stereocenters. The van der Waals surface area contributed by atoms with Crippen molar-refractivity contribution in [2.24, 2.45) is 0 Å². The molecule has 1 aromatic carbocycles. The van der Waals surface area contributed by atoms with Crippen LogP contribution in [0.4, 0.5) is 16.0 Å². The predicted octanol–water partition coefficient (Wildman–Crippen LogP) is 3.96. The summed E-state index contributed by atoms with van der Waals surface area (Å²) in [5.74, 6) is -0.315. The fraction of sp³-hybridized carbons (Fsp3) is 0.250. The molecule has 0 spiro atoms. The first-order valence-corrected chi connectivity index (χ1v) is 7.02. The summed E-state index contributed by atoms with van der Waals surface area (Å²) in [5.41, 5.74) is 0.233. The molecule has 2 rings (SSSR count). The van der Waals surface area contributed by atoms with Crippen molar-refractivity contribution in [2.75, 3.05) is 11.9 Å². The lowest BCUT2D eigenvalue weighted by Gasteiger charge is -2.08. The third-order valence-electron chi connectivity index (χ3n) is 2.20. The molecule has 0 radical (unpaired) electrons. The maximum atomic E-state index is 13.7. The van der Waals surface area contributed by atoms with Crippen LogP contribution in [0.15, 0.2) is 22.7 Å². The monoisotopic (exact) mass is 360 g/mol. The van der Waals surface area contributed by atoms with E-state index in [1.54, 1.807) is 12.1 Å². The molecule has 106 valence electrons. The maximum Gasteiger partial charge on any atom is 0.322 e. The molecule has 0 bridgehead atoms. The van der Waals surface area contributed by atoms with Gasteiger partial charge in [0.05, 0.1) is 12.3 Å². The van der Waals surface area contributed by atoms with Gasteiger partial charge in [0.1, 0.15) is 5.82 Å². The summed E-state index contributed by atoms with van der Waals surface area (Å²) in [6.07, 6.45) is 0.813. The normalized spacial score (nSPS) is 10.4. The van der Waals surface area contributed by atoms with Crippen LogP contribution < -0.4 is 10.1 Å². The van der Waals surface area contributed by atoms with E-state index in [9.17, 15) is 4.39 Å². The van der Waals surface area contributed by atoms with Crippen LogP contribution in [0.2, 0.25) is 5.28 Å². The second kappa shape index (κ2) is 6.81. The van der Waals surface area contributed by atoms with Crippen LogP contribution >= 0.6 is 27.5 Å². The van der Waals surface area contributed by atoms with Crippen LogP contribution in [-0.2, 0) is 0 Å². The van der Waals surface area contributed by atoms with E-state index >= 15 is 0 Å². The van der Waals surface area contributed by atoms with Crippen molar-refractivity contribution in [3.63, 3.8) is 0 Å². The molecule has 0 aliphatic carbocycles. The second-order valence-electron chi connectivity index (χ2n) is 3.81. The smallest absolute Gasteiger partial charge is 0.322 e. The number of nitrogens with one attached hydrogen (secondary N) is 1. The Labute approximate surface area is 128 Å².